The maximum atomic E-state index is 12.7. The van der Waals surface area contributed by atoms with Crippen LogP contribution in [0, 0.1) is 13.8 Å². The first kappa shape index (κ1) is 21.1. The molecular formula is C23H26N4O3. The number of aromatic nitrogens is 2. The Balaban J connectivity index is 1.92. The summed E-state index contributed by atoms with van der Waals surface area (Å²) in [4.78, 5) is 26.7. The third-order valence-corrected chi connectivity index (χ3v) is 5.10. The van der Waals surface area contributed by atoms with Crippen molar-refractivity contribution in [1.82, 2.24) is 14.7 Å². The van der Waals surface area contributed by atoms with Gasteiger partial charge < -0.3 is 15.0 Å². The Labute approximate surface area is 175 Å². The van der Waals surface area contributed by atoms with E-state index in [0.29, 0.717) is 29.3 Å². The molecule has 156 valence electrons. The number of aryl methyl sites for hydroxylation is 2. The minimum atomic E-state index is -0.316. The van der Waals surface area contributed by atoms with Crippen LogP contribution >= 0.6 is 0 Å². The molecule has 1 aromatic heterocycles. The minimum absolute atomic E-state index is 0.0529. The van der Waals surface area contributed by atoms with Crippen LogP contribution in [0.5, 0.6) is 11.5 Å². The molecule has 0 aliphatic carbocycles. The molecule has 0 unspecified atom stereocenters. The topological polar surface area (TPSA) is 76.5 Å². The van der Waals surface area contributed by atoms with E-state index in [1.165, 1.54) is 10.9 Å². The number of benzene rings is 2. The fourth-order valence-corrected chi connectivity index (χ4v) is 2.87. The van der Waals surface area contributed by atoms with E-state index >= 15 is 0 Å². The molecule has 7 nitrogen and oxygen atoms in total. The van der Waals surface area contributed by atoms with E-state index in [4.69, 9.17) is 4.74 Å². The van der Waals surface area contributed by atoms with Gasteiger partial charge in [-0.1, -0.05) is 12.1 Å². The Kier molecular flexibility index (Phi) is 6.20. The lowest BCUT2D eigenvalue weighted by Gasteiger charge is -2.16. The number of nitrogens with zero attached hydrogens (tertiary/aromatic N) is 3. The first-order valence-electron chi connectivity index (χ1n) is 9.74. The average Bonchev–Trinajstić information content (AvgIpc) is 2.75. The smallest absolute Gasteiger partial charge is 0.294 e. The predicted octanol–water partition coefficient (Wildman–Crippen LogP) is 4.02. The highest BCUT2D eigenvalue weighted by Gasteiger charge is 2.15. The molecule has 0 saturated heterocycles. The van der Waals surface area contributed by atoms with Gasteiger partial charge in [0.2, 0.25) is 0 Å². The van der Waals surface area contributed by atoms with Gasteiger partial charge in [0, 0.05) is 31.9 Å². The van der Waals surface area contributed by atoms with Gasteiger partial charge in [0.05, 0.1) is 6.20 Å². The van der Waals surface area contributed by atoms with Crippen molar-refractivity contribution in [1.29, 1.82) is 0 Å². The predicted molar refractivity (Wildman–Crippen MR) is 118 cm³/mol. The number of anilines is 2. The highest BCUT2D eigenvalue weighted by Crippen LogP contribution is 2.31. The largest absolute Gasteiger partial charge is 0.453 e. The van der Waals surface area contributed by atoms with E-state index < -0.39 is 0 Å². The Morgan fingerprint density at radius 2 is 1.83 bits per heavy atom. The first-order chi connectivity index (χ1) is 14.3. The molecule has 30 heavy (non-hydrogen) atoms. The number of rotatable bonds is 6. The van der Waals surface area contributed by atoms with E-state index in [-0.39, 0.29) is 17.2 Å². The van der Waals surface area contributed by atoms with Gasteiger partial charge in [-0.05, 0) is 62.2 Å². The van der Waals surface area contributed by atoms with E-state index in [1.54, 1.807) is 43.3 Å². The number of hydrogen-bond acceptors (Lipinski definition) is 5. The summed E-state index contributed by atoms with van der Waals surface area (Å²) in [5, 5.41) is 7.21. The number of carbonyl (C=O) groups excluding carboxylic acids is 1. The quantitative estimate of drug-likeness (QED) is 0.669. The van der Waals surface area contributed by atoms with Crippen LogP contribution in [0.25, 0.3) is 0 Å². The summed E-state index contributed by atoms with van der Waals surface area (Å²) in [6, 6.07) is 12.7. The zero-order chi connectivity index (χ0) is 21.8. The molecule has 3 rings (SSSR count). The van der Waals surface area contributed by atoms with Crippen molar-refractivity contribution >= 4 is 17.3 Å². The van der Waals surface area contributed by atoms with Crippen molar-refractivity contribution in [3.8, 4) is 11.5 Å². The normalized spacial score (nSPS) is 10.6. The van der Waals surface area contributed by atoms with Gasteiger partial charge in [0.1, 0.15) is 5.75 Å². The minimum Gasteiger partial charge on any atom is -0.453 e. The fraction of sp³-hybridized carbons (Fsp3) is 0.261. The second-order valence-corrected chi connectivity index (χ2v) is 7.13. The SMILES string of the molecule is CCN(C)C(=O)c1ccc(Nc2c(Oc3cccc(C)c3C)cnn(C)c2=O)cc1. The molecule has 7 heteroatoms. The summed E-state index contributed by atoms with van der Waals surface area (Å²) in [6.07, 6.45) is 1.51. The summed E-state index contributed by atoms with van der Waals surface area (Å²) in [6.45, 7) is 6.52. The number of ether oxygens (including phenoxy) is 1. The molecule has 0 bridgehead atoms. The van der Waals surface area contributed by atoms with E-state index in [0.717, 1.165) is 11.1 Å². The van der Waals surface area contributed by atoms with E-state index in [2.05, 4.69) is 10.4 Å². The molecule has 2 aromatic carbocycles. The monoisotopic (exact) mass is 406 g/mol. The summed E-state index contributed by atoms with van der Waals surface area (Å²) in [7, 11) is 3.34. The molecule has 0 fully saturated rings. The van der Waals surface area contributed by atoms with Crippen LogP contribution in [-0.2, 0) is 7.05 Å². The number of amides is 1. The zero-order valence-electron chi connectivity index (χ0n) is 17.9. The molecule has 1 amide bonds. The molecule has 0 saturated carbocycles. The molecule has 1 N–H and O–H groups in total. The van der Waals surface area contributed by atoms with Crippen molar-refractivity contribution in [2.45, 2.75) is 20.8 Å². The lowest BCUT2D eigenvalue weighted by Crippen LogP contribution is -2.26. The second kappa shape index (κ2) is 8.82. The van der Waals surface area contributed by atoms with Crippen LogP contribution in [0.4, 0.5) is 11.4 Å². The highest BCUT2D eigenvalue weighted by molar-refractivity contribution is 5.94. The van der Waals surface area contributed by atoms with E-state index in [9.17, 15) is 9.59 Å². The molecule has 1 heterocycles. The van der Waals surface area contributed by atoms with Gasteiger partial charge in [0.25, 0.3) is 11.5 Å². The maximum Gasteiger partial charge on any atom is 0.294 e. The zero-order valence-corrected chi connectivity index (χ0v) is 17.9. The second-order valence-electron chi connectivity index (χ2n) is 7.13. The van der Waals surface area contributed by atoms with Crippen molar-refractivity contribution in [3.05, 3.63) is 75.7 Å². The molecule has 0 aliphatic heterocycles. The maximum absolute atomic E-state index is 12.7. The summed E-state index contributed by atoms with van der Waals surface area (Å²) >= 11 is 0. The highest BCUT2D eigenvalue weighted by atomic mass is 16.5. The average molecular weight is 406 g/mol. The van der Waals surface area contributed by atoms with Crippen LogP contribution in [-0.4, -0.2) is 34.2 Å². The Bertz CT molecular complexity index is 1120. The summed E-state index contributed by atoms with van der Waals surface area (Å²) in [5.74, 6) is 0.942. The van der Waals surface area contributed by atoms with Crippen LogP contribution in [0.2, 0.25) is 0 Å². The van der Waals surface area contributed by atoms with Crippen LogP contribution in [0.1, 0.15) is 28.4 Å². The summed E-state index contributed by atoms with van der Waals surface area (Å²) < 4.78 is 7.28. The molecule has 0 aliphatic rings. The van der Waals surface area contributed by atoms with Crippen molar-refractivity contribution in [2.75, 3.05) is 18.9 Å². The Morgan fingerprint density at radius 3 is 2.50 bits per heavy atom. The standard InChI is InChI=1S/C23H26N4O3/c1-6-26(4)22(28)17-10-12-18(13-11-17)25-21-20(14-24-27(5)23(21)29)30-19-9-7-8-15(2)16(19)3/h7-14,25H,6H2,1-5H3. The van der Waals surface area contributed by atoms with Gasteiger partial charge in [-0.25, -0.2) is 4.68 Å². The van der Waals surface area contributed by atoms with Crippen LogP contribution in [0.3, 0.4) is 0 Å². The molecular weight excluding hydrogens is 380 g/mol. The lowest BCUT2D eigenvalue weighted by molar-refractivity contribution is 0.0802. The number of carbonyl (C=O) groups is 1. The van der Waals surface area contributed by atoms with Gasteiger partial charge in [-0.3, -0.25) is 9.59 Å². The summed E-state index contributed by atoms with van der Waals surface area (Å²) in [5.41, 5.74) is 3.30. The number of hydrogen-bond donors (Lipinski definition) is 1. The van der Waals surface area contributed by atoms with Gasteiger partial charge in [-0.15, -0.1) is 0 Å². The lowest BCUT2D eigenvalue weighted by atomic mass is 10.1. The molecule has 0 atom stereocenters. The van der Waals surface area contributed by atoms with E-state index in [1.807, 2.05) is 39.0 Å². The van der Waals surface area contributed by atoms with Crippen LogP contribution < -0.4 is 15.6 Å². The van der Waals surface area contributed by atoms with Crippen molar-refractivity contribution in [2.24, 2.45) is 7.05 Å². The fourth-order valence-electron chi connectivity index (χ4n) is 2.87. The Hall–Kier alpha value is -3.61. The van der Waals surface area contributed by atoms with Crippen LogP contribution in [0.15, 0.2) is 53.5 Å². The molecule has 3 aromatic rings. The Morgan fingerprint density at radius 1 is 1.13 bits per heavy atom. The molecule has 0 radical (unpaired) electrons. The first-order valence-corrected chi connectivity index (χ1v) is 9.74. The van der Waals surface area contributed by atoms with Gasteiger partial charge in [-0.2, -0.15) is 5.10 Å². The third kappa shape index (κ3) is 4.35. The molecule has 0 spiro atoms. The number of nitrogens with one attached hydrogen (secondary N) is 1. The van der Waals surface area contributed by atoms with Gasteiger partial charge >= 0.3 is 0 Å². The van der Waals surface area contributed by atoms with Crippen molar-refractivity contribution < 1.29 is 9.53 Å². The third-order valence-electron chi connectivity index (χ3n) is 5.10. The van der Waals surface area contributed by atoms with Crippen molar-refractivity contribution in [3.63, 3.8) is 0 Å². The van der Waals surface area contributed by atoms with Gasteiger partial charge in [0.15, 0.2) is 11.4 Å².